The first-order chi connectivity index (χ1) is 7.04. The van der Waals surface area contributed by atoms with Crippen LogP contribution >= 0.6 is 0 Å². The molecule has 1 atom stereocenters. The molecule has 84 valence electrons. The average molecular weight is 210 g/mol. The van der Waals surface area contributed by atoms with Crippen LogP contribution in [0.2, 0.25) is 0 Å². The summed E-state index contributed by atoms with van der Waals surface area (Å²) in [5.41, 5.74) is 1.40. The van der Waals surface area contributed by atoms with E-state index >= 15 is 0 Å². The van der Waals surface area contributed by atoms with Crippen LogP contribution in [0.3, 0.4) is 0 Å². The summed E-state index contributed by atoms with van der Waals surface area (Å²) in [4.78, 5) is 11.7. The third kappa shape index (κ3) is 3.06. The Labute approximate surface area is 89.9 Å². The predicted molar refractivity (Wildman–Crippen MR) is 58.8 cm³/mol. The van der Waals surface area contributed by atoms with Crippen molar-refractivity contribution in [2.75, 3.05) is 13.6 Å². The molecule has 0 aliphatic rings. The molecule has 1 rings (SSSR count). The van der Waals surface area contributed by atoms with Crippen molar-refractivity contribution in [3.63, 3.8) is 0 Å². The molecule has 1 aromatic heterocycles. The second-order valence-electron chi connectivity index (χ2n) is 3.70. The zero-order valence-corrected chi connectivity index (χ0v) is 9.66. The van der Waals surface area contributed by atoms with E-state index in [4.69, 9.17) is 0 Å². The van der Waals surface area contributed by atoms with Gasteiger partial charge in [-0.1, -0.05) is 0 Å². The van der Waals surface area contributed by atoms with E-state index in [-0.39, 0.29) is 11.9 Å². The van der Waals surface area contributed by atoms with Crippen LogP contribution in [0.15, 0.2) is 6.20 Å². The van der Waals surface area contributed by atoms with Gasteiger partial charge in [-0.05, 0) is 20.9 Å². The minimum Gasteiger partial charge on any atom is -0.350 e. The fourth-order valence-electron chi connectivity index (χ4n) is 1.27. The van der Waals surface area contributed by atoms with Gasteiger partial charge >= 0.3 is 0 Å². The Bertz CT molecular complexity index is 345. The van der Waals surface area contributed by atoms with E-state index < -0.39 is 0 Å². The van der Waals surface area contributed by atoms with Gasteiger partial charge in [0.1, 0.15) is 0 Å². The monoisotopic (exact) mass is 210 g/mol. The molecule has 0 radical (unpaired) electrons. The van der Waals surface area contributed by atoms with Gasteiger partial charge in [0, 0.05) is 25.8 Å². The van der Waals surface area contributed by atoms with E-state index in [0.29, 0.717) is 12.1 Å². The smallest absolute Gasteiger partial charge is 0.254 e. The van der Waals surface area contributed by atoms with Gasteiger partial charge in [-0.2, -0.15) is 5.10 Å². The molecule has 15 heavy (non-hydrogen) atoms. The number of hydrogen-bond donors (Lipinski definition) is 2. The van der Waals surface area contributed by atoms with Crippen molar-refractivity contribution in [1.82, 2.24) is 20.4 Å². The first-order valence-corrected chi connectivity index (χ1v) is 5.00. The molecule has 2 N–H and O–H groups in total. The highest BCUT2D eigenvalue weighted by molar-refractivity contribution is 5.94. The number of carbonyl (C=O) groups is 1. The number of aryl methyl sites for hydroxylation is 2. The molecule has 0 aliphatic carbocycles. The molecule has 1 unspecified atom stereocenters. The van der Waals surface area contributed by atoms with Gasteiger partial charge in [-0.3, -0.25) is 9.48 Å². The summed E-state index contributed by atoms with van der Waals surface area (Å²) < 4.78 is 1.64. The number of likely N-dealkylation sites (N-methyl/N-ethyl adjacent to an activating group) is 1. The lowest BCUT2D eigenvalue weighted by atomic mass is 10.2. The van der Waals surface area contributed by atoms with Gasteiger partial charge in [-0.25, -0.2) is 0 Å². The summed E-state index contributed by atoms with van der Waals surface area (Å²) in [7, 11) is 3.67. The molecule has 1 aromatic rings. The summed E-state index contributed by atoms with van der Waals surface area (Å²) in [5.74, 6) is -0.0669. The molecule has 1 heterocycles. The van der Waals surface area contributed by atoms with Crippen molar-refractivity contribution in [1.29, 1.82) is 0 Å². The molecule has 0 spiro atoms. The van der Waals surface area contributed by atoms with Crippen LogP contribution in [0, 0.1) is 6.92 Å². The van der Waals surface area contributed by atoms with E-state index in [1.807, 2.05) is 20.9 Å². The van der Waals surface area contributed by atoms with Crippen molar-refractivity contribution < 1.29 is 4.79 Å². The van der Waals surface area contributed by atoms with Gasteiger partial charge in [0.05, 0.1) is 11.3 Å². The number of carbonyl (C=O) groups excluding carboxylic acids is 1. The van der Waals surface area contributed by atoms with Crippen molar-refractivity contribution in [2.45, 2.75) is 19.9 Å². The van der Waals surface area contributed by atoms with E-state index in [1.54, 1.807) is 17.9 Å². The Kier molecular flexibility index (Phi) is 3.85. The molecule has 0 fully saturated rings. The Morgan fingerprint density at radius 1 is 1.67 bits per heavy atom. The van der Waals surface area contributed by atoms with Crippen LogP contribution in [-0.2, 0) is 7.05 Å². The first kappa shape index (κ1) is 11.7. The van der Waals surface area contributed by atoms with Gasteiger partial charge in [0.2, 0.25) is 0 Å². The normalized spacial score (nSPS) is 12.5. The van der Waals surface area contributed by atoms with E-state index in [9.17, 15) is 4.79 Å². The largest absolute Gasteiger partial charge is 0.350 e. The molecule has 0 saturated heterocycles. The van der Waals surface area contributed by atoms with Gasteiger partial charge < -0.3 is 10.6 Å². The van der Waals surface area contributed by atoms with E-state index in [1.165, 1.54) is 0 Å². The zero-order chi connectivity index (χ0) is 11.4. The Hall–Kier alpha value is -1.36. The SMILES string of the molecule is CNC(C)CNC(=O)c1cn(C)nc1C. The topological polar surface area (TPSA) is 58.9 Å². The third-order valence-corrected chi connectivity index (χ3v) is 2.32. The Morgan fingerprint density at radius 3 is 2.80 bits per heavy atom. The number of hydrogen-bond acceptors (Lipinski definition) is 3. The van der Waals surface area contributed by atoms with Crippen molar-refractivity contribution >= 4 is 5.91 Å². The van der Waals surface area contributed by atoms with Gasteiger partial charge in [-0.15, -0.1) is 0 Å². The summed E-state index contributed by atoms with van der Waals surface area (Å²) >= 11 is 0. The fraction of sp³-hybridized carbons (Fsp3) is 0.600. The van der Waals surface area contributed by atoms with E-state index in [0.717, 1.165) is 5.69 Å². The molecule has 0 saturated carbocycles. The minimum absolute atomic E-state index is 0.0669. The Morgan fingerprint density at radius 2 is 2.33 bits per heavy atom. The van der Waals surface area contributed by atoms with E-state index in [2.05, 4.69) is 15.7 Å². The molecule has 0 bridgehead atoms. The molecular weight excluding hydrogens is 192 g/mol. The van der Waals surface area contributed by atoms with Crippen LogP contribution in [0.4, 0.5) is 0 Å². The number of aromatic nitrogens is 2. The summed E-state index contributed by atoms with van der Waals surface area (Å²) in [5, 5.41) is 10.0. The number of nitrogens with zero attached hydrogens (tertiary/aromatic N) is 2. The van der Waals surface area contributed by atoms with Crippen molar-refractivity contribution in [3.05, 3.63) is 17.5 Å². The molecular formula is C10H18N4O. The standard InChI is InChI=1S/C10H18N4O/c1-7(11-3)5-12-10(15)9-6-14(4)13-8(9)2/h6-7,11H,5H2,1-4H3,(H,12,15). The predicted octanol–water partition coefficient (Wildman–Crippen LogP) is 0.0662. The molecule has 5 nitrogen and oxygen atoms in total. The third-order valence-electron chi connectivity index (χ3n) is 2.32. The molecule has 0 aromatic carbocycles. The fourth-order valence-corrected chi connectivity index (χ4v) is 1.27. The maximum atomic E-state index is 11.7. The summed E-state index contributed by atoms with van der Waals surface area (Å²) in [6, 6.07) is 0.269. The lowest BCUT2D eigenvalue weighted by Crippen LogP contribution is -2.37. The second kappa shape index (κ2) is 4.93. The zero-order valence-electron chi connectivity index (χ0n) is 9.66. The average Bonchev–Trinajstić information content (AvgIpc) is 2.53. The van der Waals surface area contributed by atoms with Crippen molar-refractivity contribution in [2.24, 2.45) is 7.05 Å². The lowest BCUT2D eigenvalue weighted by molar-refractivity contribution is 0.0950. The minimum atomic E-state index is -0.0669. The first-order valence-electron chi connectivity index (χ1n) is 5.00. The van der Waals surface area contributed by atoms with Crippen LogP contribution in [-0.4, -0.2) is 35.3 Å². The molecule has 5 heteroatoms. The second-order valence-corrected chi connectivity index (χ2v) is 3.70. The van der Waals surface area contributed by atoms with Crippen LogP contribution < -0.4 is 10.6 Å². The number of rotatable bonds is 4. The van der Waals surface area contributed by atoms with Gasteiger partial charge in [0.25, 0.3) is 5.91 Å². The highest BCUT2D eigenvalue weighted by Gasteiger charge is 2.12. The van der Waals surface area contributed by atoms with Crippen LogP contribution in [0.1, 0.15) is 23.0 Å². The van der Waals surface area contributed by atoms with Gasteiger partial charge in [0.15, 0.2) is 0 Å². The maximum Gasteiger partial charge on any atom is 0.254 e. The quantitative estimate of drug-likeness (QED) is 0.739. The van der Waals surface area contributed by atoms with Crippen LogP contribution in [0.25, 0.3) is 0 Å². The highest BCUT2D eigenvalue weighted by Crippen LogP contribution is 2.03. The highest BCUT2D eigenvalue weighted by atomic mass is 16.1. The Balaban J connectivity index is 2.58. The number of amides is 1. The molecule has 1 amide bonds. The lowest BCUT2D eigenvalue weighted by Gasteiger charge is -2.10. The van der Waals surface area contributed by atoms with Crippen molar-refractivity contribution in [3.8, 4) is 0 Å². The summed E-state index contributed by atoms with van der Waals surface area (Å²) in [6.07, 6.45) is 1.73. The van der Waals surface area contributed by atoms with Crippen LogP contribution in [0.5, 0.6) is 0 Å². The number of nitrogens with one attached hydrogen (secondary N) is 2. The molecule has 0 aliphatic heterocycles. The summed E-state index contributed by atoms with van der Waals surface area (Å²) in [6.45, 7) is 4.45. The maximum absolute atomic E-state index is 11.7.